The third-order valence-electron chi connectivity index (χ3n) is 14.6. The van der Waals surface area contributed by atoms with E-state index in [0.717, 1.165) is 44.9 Å². The average molecular weight is 961 g/mol. The van der Waals surface area contributed by atoms with E-state index in [1.807, 2.05) is 0 Å². The third-order valence-corrected chi connectivity index (χ3v) is 14.6. The number of hydrogen-bond donors (Lipinski definition) is 3. The Balaban J connectivity index is 3.34. The minimum absolute atomic E-state index is 0.0122. The standard InChI is InChI=1S/C62H121NO5/c1-3-5-7-9-11-13-15-16-17-18-22-26-29-32-36-40-44-48-52-56-62(67)68-57-53-49-45-41-37-33-30-27-24-21-19-20-23-25-28-31-35-39-43-47-51-55-61(66)63-59(58-64)60(65)54-50-46-42-38-34-14-12-10-8-6-4-2/h16-17,59-60,64-65H,3-15,18-58H2,1-2H3,(H,63,66)/b17-16-. The molecule has 1 amide bonds. The van der Waals surface area contributed by atoms with Crippen molar-refractivity contribution in [3.05, 3.63) is 12.2 Å². The van der Waals surface area contributed by atoms with Crippen LogP contribution in [-0.4, -0.2) is 47.4 Å². The van der Waals surface area contributed by atoms with Gasteiger partial charge in [-0.1, -0.05) is 296 Å². The molecule has 0 aliphatic carbocycles. The SMILES string of the molecule is CCCCCCCC/C=C\CCCCCCCCCCCC(=O)OCCCCCCCCCCCCCCCCCCCCCCCC(=O)NC(CO)C(O)CCCCCCCCCCCCC. The maximum Gasteiger partial charge on any atom is 0.305 e. The van der Waals surface area contributed by atoms with Gasteiger partial charge in [-0.15, -0.1) is 0 Å². The second-order valence-corrected chi connectivity index (χ2v) is 21.4. The first-order valence-electron chi connectivity index (χ1n) is 30.9. The van der Waals surface area contributed by atoms with Crippen molar-refractivity contribution in [3.63, 3.8) is 0 Å². The van der Waals surface area contributed by atoms with Crippen LogP contribution in [0, 0.1) is 0 Å². The van der Waals surface area contributed by atoms with Crippen LogP contribution >= 0.6 is 0 Å². The summed E-state index contributed by atoms with van der Waals surface area (Å²) in [6, 6.07) is -0.540. The molecule has 0 aliphatic rings. The van der Waals surface area contributed by atoms with Gasteiger partial charge in [0.2, 0.25) is 5.91 Å². The number of hydrogen-bond acceptors (Lipinski definition) is 5. The molecule has 0 fully saturated rings. The number of allylic oxidation sites excluding steroid dienone is 2. The fourth-order valence-corrected chi connectivity index (χ4v) is 9.81. The summed E-state index contributed by atoms with van der Waals surface area (Å²) in [5.74, 6) is -0.0232. The quantitative estimate of drug-likeness (QED) is 0.0321. The molecule has 0 aromatic carbocycles. The molecular formula is C62H121NO5. The normalized spacial score (nSPS) is 12.6. The Bertz CT molecular complexity index is 1020. The van der Waals surface area contributed by atoms with Gasteiger partial charge in [-0.2, -0.15) is 0 Å². The molecule has 3 N–H and O–H groups in total. The van der Waals surface area contributed by atoms with E-state index in [1.165, 1.54) is 270 Å². The van der Waals surface area contributed by atoms with Crippen LogP contribution in [0.5, 0.6) is 0 Å². The Hall–Kier alpha value is -1.40. The van der Waals surface area contributed by atoms with Gasteiger partial charge in [0, 0.05) is 12.8 Å². The zero-order chi connectivity index (χ0) is 49.3. The van der Waals surface area contributed by atoms with Crippen molar-refractivity contribution in [1.29, 1.82) is 0 Å². The first-order chi connectivity index (χ1) is 33.5. The van der Waals surface area contributed by atoms with Gasteiger partial charge in [0.25, 0.3) is 0 Å². The smallest absolute Gasteiger partial charge is 0.305 e. The topological polar surface area (TPSA) is 95.9 Å². The molecule has 0 spiro atoms. The molecular weight excluding hydrogens is 839 g/mol. The molecule has 0 aromatic rings. The lowest BCUT2D eigenvalue weighted by Crippen LogP contribution is -2.45. The van der Waals surface area contributed by atoms with Gasteiger partial charge in [-0.25, -0.2) is 0 Å². The van der Waals surface area contributed by atoms with E-state index < -0.39 is 12.1 Å². The van der Waals surface area contributed by atoms with Crippen molar-refractivity contribution in [2.24, 2.45) is 0 Å². The third kappa shape index (κ3) is 53.9. The zero-order valence-corrected chi connectivity index (χ0v) is 46.1. The Labute approximate surface area is 425 Å². The van der Waals surface area contributed by atoms with Crippen molar-refractivity contribution in [2.45, 2.75) is 360 Å². The van der Waals surface area contributed by atoms with Gasteiger partial charge in [-0.3, -0.25) is 9.59 Å². The highest BCUT2D eigenvalue weighted by Gasteiger charge is 2.20. The Morgan fingerprint density at radius 2 is 0.691 bits per heavy atom. The maximum atomic E-state index is 12.4. The van der Waals surface area contributed by atoms with E-state index in [0.29, 0.717) is 25.9 Å². The fourth-order valence-electron chi connectivity index (χ4n) is 9.81. The number of amides is 1. The van der Waals surface area contributed by atoms with Gasteiger partial charge in [-0.05, 0) is 51.4 Å². The van der Waals surface area contributed by atoms with Crippen molar-refractivity contribution in [1.82, 2.24) is 5.32 Å². The molecule has 0 bridgehead atoms. The number of carbonyl (C=O) groups excluding carboxylic acids is 2. The van der Waals surface area contributed by atoms with E-state index in [-0.39, 0.29) is 18.5 Å². The average Bonchev–Trinajstić information content (AvgIpc) is 3.34. The Kier molecular flexibility index (Phi) is 57.0. The van der Waals surface area contributed by atoms with Crippen LogP contribution in [0.3, 0.4) is 0 Å². The summed E-state index contributed by atoms with van der Waals surface area (Å²) in [6.45, 7) is 4.96. The van der Waals surface area contributed by atoms with Crippen LogP contribution in [0.4, 0.5) is 0 Å². The molecule has 0 radical (unpaired) electrons. The number of carbonyl (C=O) groups is 2. The van der Waals surface area contributed by atoms with Crippen molar-refractivity contribution >= 4 is 11.9 Å². The highest BCUT2D eigenvalue weighted by Crippen LogP contribution is 2.18. The zero-order valence-electron chi connectivity index (χ0n) is 46.1. The van der Waals surface area contributed by atoms with Gasteiger partial charge >= 0.3 is 5.97 Å². The monoisotopic (exact) mass is 960 g/mol. The Morgan fingerprint density at radius 3 is 1.04 bits per heavy atom. The minimum Gasteiger partial charge on any atom is -0.466 e. The summed E-state index contributed by atoms with van der Waals surface area (Å²) in [4.78, 5) is 24.5. The number of rotatable bonds is 58. The number of esters is 1. The molecule has 0 aliphatic heterocycles. The largest absolute Gasteiger partial charge is 0.466 e. The van der Waals surface area contributed by atoms with Crippen LogP contribution in [0.1, 0.15) is 348 Å². The molecule has 68 heavy (non-hydrogen) atoms. The van der Waals surface area contributed by atoms with Crippen molar-refractivity contribution < 1.29 is 24.5 Å². The lowest BCUT2D eigenvalue weighted by Gasteiger charge is -2.22. The van der Waals surface area contributed by atoms with Crippen molar-refractivity contribution in [3.8, 4) is 0 Å². The summed E-state index contributed by atoms with van der Waals surface area (Å²) in [6.07, 6.45) is 69.4. The van der Waals surface area contributed by atoms with E-state index in [2.05, 4.69) is 31.3 Å². The van der Waals surface area contributed by atoms with Crippen LogP contribution in [0.15, 0.2) is 12.2 Å². The number of aliphatic hydroxyl groups is 2. The summed E-state index contributed by atoms with van der Waals surface area (Å²) >= 11 is 0. The van der Waals surface area contributed by atoms with Gasteiger partial charge in [0.15, 0.2) is 0 Å². The molecule has 6 nitrogen and oxygen atoms in total. The maximum absolute atomic E-state index is 12.4. The first kappa shape index (κ1) is 66.6. The fraction of sp³-hybridized carbons (Fsp3) is 0.935. The molecule has 0 rings (SSSR count). The predicted molar refractivity (Wildman–Crippen MR) is 297 cm³/mol. The van der Waals surface area contributed by atoms with E-state index in [4.69, 9.17) is 4.74 Å². The van der Waals surface area contributed by atoms with Crippen LogP contribution < -0.4 is 5.32 Å². The minimum atomic E-state index is -0.663. The second-order valence-electron chi connectivity index (χ2n) is 21.4. The lowest BCUT2D eigenvalue weighted by atomic mass is 10.0. The van der Waals surface area contributed by atoms with Gasteiger partial charge < -0.3 is 20.3 Å². The summed E-state index contributed by atoms with van der Waals surface area (Å²) < 4.78 is 5.50. The van der Waals surface area contributed by atoms with Crippen molar-refractivity contribution in [2.75, 3.05) is 13.2 Å². The molecule has 0 heterocycles. The number of unbranched alkanes of at least 4 members (excludes halogenated alkanes) is 45. The predicted octanol–water partition coefficient (Wildman–Crippen LogP) is 19.2. The summed E-state index contributed by atoms with van der Waals surface area (Å²) in [7, 11) is 0. The molecule has 0 aromatic heterocycles. The van der Waals surface area contributed by atoms with E-state index in [9.17, 15) is 19.8 Å². The summed E-state index contributed by atoms with van der Waals surface area (Å²) in [5, 5.41) is 23.2. The van der Waals surface area contributed by atoms with E-state index in [1.54, 1.807) is 0 Å². The molecule has 0 saturated heterocycles. The van der Waals surface area contributed by atoms with Crippen LogP contribution in [0.2, 0.25) is 0 Å². The summed E-state index contributed by atoms with van der Waals surface area (Å²) in [5.41, 5.74) is 0. The highest BCUT2D eigenvalue weighted by molar-refractivity contribution is 5.76. The van der Waals surface area contributed by atoms with Crippen LogP contribution in [0.25, 0.3) is 0 Å². The first-order valence-corrected chi connectivity index (χ1v) is 30.9. The number of nitrogens with one attached hydrogen (secondary N) is 1. The number of ether oxygens (including phenoxy) is 1. The van der Waals surface area contributed by atoms with E-state index >= 15 is 0 Å². The van der Waals surface area contributed by atoms with Gasteiger partial charge in [0.1, 0.15) is 0 Å². The number of aliphatic hydroxyl groups excluding tert-OH is 2. The second kappa shape index (κ2) is 58.2. The van der Waals surface area contributed by atoms with Crippen LogP contribution in [-0.2, 0) is 14.3 Å². The molecule has 404 valence electrons. The molecule has 6 heteroatoms. The lowest BCUT2D eigenvalue weighted by molar-refractivity contribution is -0.143. The highest BCUT2D eigenvalue weighted by atomic mass is 16.5. The van der Waals surface area contributed by atoms with Gasteiger partial charge in [0.05, 0.1) is 25.4 Å². The molecule has 0 saturated carbocycles. The molecule has 2 unspecified atom stereocenters. The Morgan fingerprint density at radius 1 is 0.397 bits per heavy atom. The molecule has 2 atom stereocenters.